The predicted octanol–water partition coefficient (Wildman–Crippen LogP) is -4.38. The molecular weight excluding hydrogens is 1170 g/mol. The predicted molar refractivity (Wildman–Crippen MR) is 299 cm³/mol. The molecule has 0 unspecified atom stereocenters. The van der Waals surface area contributed by atoms with Crippen LogP contribution in [0, 0.1) is 45.3 Å². The largest absolute Gasteiger partial charge is 0.394 e. The van der Waals surface area contributed by atoms with Crippen LogP contribution in [-0.4, -0.2) is 296 Å². The molecular formula is C60H102O28. The van der Waals surface area contributed by atoms with Crippen LogP contribution in [0.4, 0.5) is 0 Å². The lowest BCUT2D eigenvalue weighted by Gasteiger charge is -2.71. The van der Waals surface area contributed by atoms with E-state index in [-0.39, 0.29) is 34.5 Å². The summed E-state index contributed by atoms with van der Waals surface area (Å²) in [4.78, 5) is 0. The fraction of sp³-hybridized carbons (Fsp3) is 0.967. The summed E-state index contributed by atoms with van der Waals surface area (Å²) in [5.41, 5.74) is -1.86. The number of ether oxygens (including phenoxy) is 10. The van der Waals surface area contributed by atoms with Crippen LogP contribution in [0.5, 0.6) is 0 Å². The van der Waals surface area contributed by atoms with E-state index in [9.17, 15) is 91.9 Å². The molecule has 0 aromatic carbocycles. The Kier molecular flexibility index (Phi) is 22.1. The van der Waals surface area contributed by atoms with Gasteiger partial charge in [0.05, 0.1) is 50.8 Å². The minimum atomic E-state index is -1.89. The maximum Gasteiger partial charge on any atom is 0.187 e. The van der Waals surface area contributed by atoms with Gasteiger partial charge in [0, 0.05) is 0 Å². The zero-order chi connectivity index (χ0) is 64.7. The van der Waals surface area contributed by atoms with Crippen LogP contribution in [-0.2, 0) is 47.4 Å². The number of allylic oxidation sites excluding steroid dienone is 2. The normalized spacial score (nSPS) is 52.9. The van der Waals surface area contributed by atoms with Crippen molar-refractivity contribution in [2.75, 3.05) is 33.0 Å². The molecule has 9 rings (SSSR count). The molecule has 510 valence electrons. The van der Waals surface area contributed by atoms with Gasteiger partial charge in [0.2, 0.25) is 0 Å². The Hall–Kier alpha value is -1.38. The van der Waals surface area contributed by atoms with Gasteiger partial charge in [-0.25, -0.2) is 0 Å². The van der Waals surface area contributed by atoms with E-state index >= 15 is 0 Å². The highest BCUT2D eigenvalue weighted by Crippen LogP contribution is 2.76. The minimum Gasteiger partial charge on any atom is -0.394 e. The van der Waals surface area contributed by atoms with Gasteiger partial charge < -0.3 is 139 Å². The second-order valence-corrected chi connectivity index (χ2v) is 28.6. The SMILES string of the molecule is CC(C)=CCC[C@](C)(O[C@@H]1O[C@H](CO[C@@H]2O[C@H](CO[C@@H]3O[C@H](CO)[C@@H](O)[C@H](O)[C@H]3O)[C@@H](O)[C@H](O)[C@H]2O)[C@@H](O)[C@H](O)[C@H]1O)[C@H]1CC[C@]2(C)[C@@H]1[C@H](O)C[C@@H]1[C@@]3(C)CC[C@H](O[C@@H]4O[C@H](CO)[C@@H](O)[C@H](O)[C@H]4O[C@@H]4O[C@H](CO)[C@@H](O)[C@H](O)[C@H]4O)C(C)(C)[C@@H]3CC[C@]12C. The molecule has 0 aromatic heterocycles. The van der Waals surface area contributed by atoms with E-state index in [0.29, 0.717) is 44.9 Å². The van der Waals surface area contributed by atoms with Crippen molar-refractivity contribution in [2.24, 2.45) is 45.3 Å². The highest BCUT2D eigenvalue weighted by molar-refractivity contribution is 5.21. The first kappa shape index (κ1) is 70.9. The third-order valence-corrected chi connectivity index (χ3v) is 23.0. The summed E-state index contributed by atoms with van der Waals surface area (Å²) < 4.78 is 60.4. The fourth-order valence-corrected chi connectivity index (χ4v) is 17.6. The van der Waals surface area contributed by atoms with E-state index in [1.165, 1.54) is 0 Å². The number of hydrogen-bond acceptors (Lipinski definition) is 28. The Balaban J connectivity index is 0.899. The molecule has 4 saturated carbocycles. The average molecular weight is 1270 g/mol. The Bertz CT molecular complexity index is 2320. The molecule has 9 fully saturated rings. The maximum atomic E-state index is 12.9. The molecule has 18 N–H and O–H groups in total. The second-order valence-electron chi connectivity index (χ2n) is 28.6. The van der Waals surface area contributed by atoms with Gasteiger partial charge in [-0.15, -0.1) is 0 Å². The van der Waals surface area contributed by atoms with Crippen molar-refractivity contribution in [1.82, 2.24) is 0 Å². The van der Waals surface area contributed by atoms with Gasteiger partial charge in [-0.2, -0.15) is 0 Å². The zero-order valence-electron chi connectivity index (χ0n) is 51.5. The third-order valence-electron chi connectivity index (χ3n) is 23.0. The molecule has 0 aromatic rings. The van der Waals surface area contributed by atoms with Crippen molar-refractivity contribution in [3.8, 4) is 0 Å². The number of rotatable bonds is 19. The van der Waals surface area contributed by atoms with Gasteiger partial charge in [0.15, 0.2) is 31.5 Å². The van der Waals surface area contributed by atoms with Gasteiger partial charge in [-0.05, 0) is 124 Å². The van der Waals surface area contributed by atoms with Gasteiger partial charge in [0.1, 0.15) is 122 Å². The summed E-state index contributed by atoms with van der Waals surface area (Å²) in [5, 5.41) is 195. The molecule has 0 bridgehead atoms. The molecule has 5 aliphatic heterocycles. The van der Waals surface area contributed by atoms with Crippen LogP contribution in [0.2, 0.25) is 0 Å². The molecule has 9 aliphatic rings. The zero-order valence-corrected chi connectivity index (χ0v) is 51.5. The summed E-state index contributed by atoms with van der Waals surface area (Å²) >= 11 is 0. The fourth-order valence-electron chi connectivity index (χ4n) is 17.6. The van der Waals surface area contributed by atoms with Gasteiger partial charge >= 0.3 is 0 Å². The molecule has 28 heteroatoms. The highest BCUT2D eigenvalue weighted by Gasteiger charge is 2.72. The monoisotopic (exact) mass is 1270 g/mol. The first-order valence-corrected chi connectivity index (χ1v) is 31.4. The lowest BCUT2D eigenvalue weighted by atomic mass is 9.35. The third kappa shape index (κ3) is 12.7. The molecule has 4 aliphatic carbocycles. The van der Waals surface area contributed by atoms with E-state index in [2.05, 4.69) is 40.7 Å². The molecule has 35 atom stereocenters. The minimum absolute atomic E-state index is 0.00190. The lowest BCUT2D eigenvalue weighted by Crippen LogP contribution is -2.68. The summed E-state index contributed by atoms with van der Waals surface area (Å²) in [7, 11) is 0. The molecule has 0 spiro atoms. The topological polar surface area (TPSA) is 456 Å². The van der Waals surface area contributed by atoms with E-state index in [1.54, 1.807) is 0 Å². The summed E-state index contributed by atoms with van der Waals surface area (Å²) in [6.07, 6.45) is -35.3. The molecule has 5 heterocycles. The second kappa shape index (κ2) is 27.4. The molecule has 0 radical (unpaired) electrons. The van der Waals surface area contributed by atoms with Crippen molar-refractivity contribution in [2.45, 2.75) is 285 Å². The summed E-state index contributed by atoms with van der Waals surface area (Å²) in [6.45, 7) is 13.6. The van der Waals surface area contributed by atoms with Gasteiger partial charge in [-0.1, -0.05) is 46.3 Å². The standard InChI is InChI=1S/C60H102O28/c1-24(2)10-9-14-60(8,88-54-49(78)44(73)40(69)31(85-54)23-80-52-47(76)43(72)39(68)30(84-52)22-79-51-46(75)41(70)36(65)27(19-61)81-51)25-11-16-59(7)35(25)26(64)18-33-57(5)15-13-34(56(3,4)32(57)12-17-58(33,59)6)86-55-50(45(74)38(67)29(21-63)83-55)87-53-48(77)42(71)37(66)28(20-62)82-53/h10,25-55,61-78H,9,11-23H2,1-8H3/t25-,26+,27+,28+,29+,30+,31+,32-,33+,34-,35-,36+,37+,38+,39+,40+,41-,42-,43-,44-,45-,46+,47+,48+,49+,50+,51+,52+,53-,54-,55-,57-,58+,59+,60-/m0/s1. The number of fused-ring (bicyclic) bond motifs is 5. The molecule has 28 nitrogen and oxygen atoms in total. The lowest BCUT2D eigenvalue weighted by molar-refractivity contribution is -0.378. The van der Waals surface area contributed by atoms with Crippen molar-refractivity contribution < 1.29 is 139 Å². The van der Waals surface area contributed by atoms with Crippen molar-refractivity contribution >= 4 is 0 Å². The summed E-state index contributed by atoms with van der Waals surface area (Å²) in [6, 6.07) is 0. The smallest absolute Gasteiger partial charge is 0.187 e. The van der Waals surface area contributed by atoms with E-state index in [1.807, 2.05) is 20.8 Å². The van der Waals surface area contributed by atoms with Crippen LogP contribution in [0.3, 0.4) is 0 Å². The Morgan fingerprint density at radius 1 is 0.477 bits per heavy atom. The van der Waals surface area contributed by atoms with Crippen LogP contribution >= 0.6 is 0 Å². The molecule has 88 heavy (non-hydrogen) atoms. The van der Waals surface area contributed by atoms with Crippen LogP contribution in [0.25, 0.3) is 0 Å². The van der Waals surface area contributed by atoms with E-state index < -0.39 is 215 Å². The van der Waals surface area contributed by atoms with Crippen LogP contribution < -0.4 is 0 Å². The van der Waals surface area contributed by atoms with Gasteiger partial charge in [-0.3, -0.25) is 0 Å². The number of aliphatic hydroxyl groups is 18. The van der Waals surface area contributed by atoms with E-state index in [0.717, 1.165) is 18.4 Å². The Morgan fingerprint density at radius 2 is 0.920 bits per heavy atom. The van der Waals surface area contributed by atoms with Crippen molar-refractivity contribution in [3.63, 3.8) is 0 Å². The molecule has 0 amide bonds. The quantitative estimate of drug-likeness (QED) is 0.0429. The highest BCUT2D eigenvalue weighted by atomic mass is 16.8. The molecule has 5 saturated heterocycles. The Morgan fingerprint density at radius 3 is 1.44 bits per heavy atom. The summed E-state index contributed by atoms with van der Waals surface area (Å²) in [5.74, 6) is -0.658. The first-order chi connectivity index (χ1) is 41.2. The maximum absolute atomic E-state index is 12.9. The number of aliphatic hydroxyl groups excluding tert-OH is 18. The van der Waals surface area contributed by atoms with Crippen molar-refractivity contribution in [3.05, 3.63) is 11.6 Å². The van der Waals surface area contributed by atoms with E-state index in [4.69, 9.17) is 47.4 Å². The average Bonchev–Trinajstić information content (AvgIpc) is 1.58. The van der Waals surface area contributed by atoms with Gasteiger partial charge in [0.25, 0.3) is 0 Å². The first-order valence-electron chi connectivity index (χ1n) is 31.4. The van der Waals surface area contributed by atoms with Crippen LogP contribution in [0.15, 0.2) is 11.6 Å². The van der Waals surface area contributed by atoms with Crippen molar-refractivity contribution in [1.29, 1.82) is 0 Å². The Labute approximate surface area is 512 Å². The number of hydrogen-bond donors (Lipinski definition) is 18. The van der Waals surface area contributed by atoms with Crippen LogP contribution in [0.1, 0.15) is 113 Å².